The molecule has 86 valence electrons. The predicted molar refractivity (Wildman–Crippen MR) is 62.7 cm³/mol. The van der Waals surface area contributed by atoms with Crippen molar-refractivity contribution in [2.45, 2.75) is 6.42 Å². The highest BCUT2D eigenvalue weighted by atomic mass is 16.5. The summed E-state index contributed by atoms with van der Waals surface area (Å²) < 4.78 is 4.44. The molecule has 0 spiro atoms. The van der Waals surface area contributed by atoms with Gasteiger partial charge in [-0.3, -0.25) is 14.6 Å². The maximum atomic E-state index is 11.7. The molecule has 0 unspecified atom stereocenters. The molecule has 0 aliphatic carbocycles. The van der Waals surface area contributed by atoms with Crippen molar-refractivity contribution in [2.24, 2.45) is 0 Å². The average molecular weight is 229 g/mol. The minimum atomic E-state index is -0.551. The number of rotatable bonds is 3. The van der Waals surface area contributed by atoms with E-state index in [-0.39, 0.29) is 17.9 Å². The molecule has 0 atom stereocenters. The Kier molecular flexibility index (Phi) is 3.14. The van der Waals surface area contributed by atoms with E-state index in [4.69, 9.17) is 0 Å². The molecule has 1 aromatic carbocycles. The zero-order valence-electron chi connectivity index (χ0n) is 9.34. The van der Waals surface area contributed by atoms with Crippen LogP contribution in [0.25, 0.3) is 10.8 Å². The van der Waals surface area contributed by atoms with E-state index in [1.807, 2.05) is 24.3 Å². The molecule has 0 radical (unpaired) electrons. The van der Waals surface area contributed by atoms with Crippen molar-refractivity contribution in [3.63, 3.8) is 0 Å². The van der Waals surface area contributed by atoms with Gasteiger partial charge in [0.25, 0.3) is 0 Å². The fourth-order valence-electron chi connectivity index (χ4n) is 1.53. The maximum Gasteiger partial charge on any atom is 0.313 e. The van der Waals surface area contributed by atoms with Crippen molar-refractivity contribution in [1.29, 1.82) is 0 Å². The Morgan fingerprint density at radius 3 is 2.65 bits per heavy atom. The van der Waals surface area contributed by atoms with Crippen LogP contribution in [0.15, 0.2) is 36.5 Å². The van der Waals surface area contributed by atoms with Gasteiger partial charge in [-0.2, -0.15) is 0 Å². The summed E-state index contributed by atoms with van der Waals surface area (Å²) in [4.78, 5) is 26.7. The summed E-state index contributed by atoms with van der Waals surface area (Å²) in [5, 5.41) is 1.89. The molecule has 0 bridgehead atoms. The third-order valence-corrected chi connectivity index (χ3v) is 2.45. The lowest BCUT2D eigenvalue weighted by molar-refractivity contribution is -0.139. The minimum Gasteiger partial charge on any atom is -0.469 e. The van der Waals surface area contributed by atoms with E-state index in [0.29, 0.717) is 0 Å². The number of methoxy groups -OCH3 is 1. The lowest BCUT2D eigenvalue weighted by Crippen LogP contribution is -2.10. The Bertz CT molecular complexity index is 578. The fourth-order valence-corrected chi connectivity index (χ4v) is 1.53. The van der Waals surface area contributed by atoms with Crippen LogP contribution in [0.4, 0.5) is 0 Å². The molecule has 0 amide bonds. The smallest absolute Gasteiger partial charge is 0.313 e. The van der Waals surface area contributed by atoms with Crippen LogP contribution >= 0.6 is 0 Å². The van der Waals surface area contributed by atoms with Crippen LogP contribution in [0.2, 0.25) is 0 Å². The summed E-state index contributed by atoms with van der Waals surface area (Å²) in [6.07, 6.45) is 1.35. The molecule has 1 aromatic heterocycles. The lowest BCUT2D eigenvalue weighted by atomic mass is 10.1. The summed E-state index contributed by atoms with van der Waals surface area (Å²) in [7, 11) is 1.25. The van der Waals surface area contributed by atoms with Crippen LogP contribution in [-0.2, 0) is 9.53 Å². The van der Waals surface area contributed by atoms with Crippen LogP contribution in [0.3, 0.4) is 0 Å². The first-order valence-corrected chi connectivity index (χ1v) is 5.15. The summed E-state index contributed by atoms with van der Waals surface area (Å²) in [6.45, 7) is 0. The zero-order chi connectivity index (χ0) is 12.3. The molecule has 0 N–H and O–H groups in total. The first-order chi connectivity index (χ1) is 8.20. The van der Waals surface area contributed by atoms with Crippen LogP contribution in [0.5, 0.6) is 0 Å². The third-order valence-electron chi connectivity index (χ3n) is 2.45. The van der Waals surface area contributed by atoms with E-state index in [0.717, 1.165) is 10.8 Å². The molecule has 4 heteroatoms. The third kappa shape index (κ3) is 2.47. The van der Waals surface area contributed by atoms with Gasteiger partial charge in [0.15, 0.2) is 5.78 Å². The van der Waals surface area contributed by atoms with Crippen molar-refractivity contribution >= 4 is 22.5 Å². The number of carbonyl (C=O) groups excluding carboxylic acids is 2. The van der Waals surface area contributed by atoms with Gasteiger partial charge in [0, 0.05) is 11.6 Å². The van der Waals surface area contributed by atoms with Crippen molar-refractivity contribution < 1.29 is 14.3 Å². The molecule has 1 heterocycles. The van der Waals surface area contributed by atoms with Gasteiger partial charge in [0.1, 0.15) is 12.1 Å². The number of fused-ring (bicyclic) bond motifs is 1. The molecule has 17 heavy (non-hydrogen) atoms. The van der Waals surface area contributed by atoms with E-state index in [1.165, 1.54) is 7.11 Å². The Morgan fingerprint density at radius 1 is 1.24 bits per heavy atom. The van der Waals surface area contributed by atoms with Crippen LogP contribution < -0.4 is 0 Å². The van der Waals surface area contributed by atoms with Crippen molar-refractivity contribution in [3.8, 4) is 0 Å². The highest BCUT2D eigenvalue weighted by Gasteiger charge is 2.13. The highest BCUT2D eigenvalue weighted by Crippen LogP contribution is 2.14. The molecule has 0 fully saturated rings. The van der Waals surface area contributed by atoms with Crippen LogP contribution in [0.1, 0.15) is 16.9 Å². The van der Waals surface area contributed by atoms with E-state index < -0.39 is 5.97 Å². The van der Waals surface area contributed by atoms with E-state index in [1.54, 1.807) is 12.3 Å². The second-order valence-corrected chi connectivity index (χ2v) is 3.59. The van der Waals surface area contributed by atoms with Gasteiger partial charge in [-0.1, -0.05) is 24.3 Å². The number of hydrogen-bond donors (Lipinski definition) is 0. The molecular formula is C13H11NO3. The summed E-state index contributed by atoms with van der Waals surface area (Å²) in [5.41, 5.74) is 0.286. The molecule has 0 aliphatic rings. The summed E-state index contributed by atoms with van der Waals surface area (Å²) in [5.74, 6) is -0.882. The Hall–Kier alpha value is -2.23. The topological polar surface area (TPSA) is 56.3 Å². The monoisotopic (exact) mass is 229 g/mol. The summed E-state index contributed by atoms with van der Waals surface area (Å²) in [6, 6.07) is 9.28. The molecule has 0 saturated heterocycles. The van der Waals surface area contributed by atoms with Crippen LogP contribution in [0, 0.1) is 0 Å². The minimum absolute atomic E-state index is 0.276. The van der Waals surface area contributed by atoms with E-state index >= 15 is 0 Å². The Labute approximate surface area is 98.2 Å². The number of carbonyl (C=O) groups is 2. The Morgan fingerprint density at radius 2 is 1.94 bits per heavy atom. The number of esters is 1. The number of ketones is 1. The first-order valence-electron chi connectivity index (χ1n) is 5.15. The van der Waals surface area contributed by atoms with Gasteiger partial charge in [0.05, 0.1) is 7.11 Å². The van der Waals surface area contributed by atoms with E-state index in [2.05, 4.69) is 9.72 Å². The normalized spacial score (nSPS) is 10.2. The maximum absolute atomic E-state index is 11.7. The number of benzene rings is 1. The average Bonchev–Trinajstić information content (AvgIpc) is 2.38. The quantitative estimate of drug-likeness (QED) is 0.458. The largest absolute Gasteiger partial charge is 0.469 e. The Balaban J connectivity index is 2.30. The van der Waals surface area contributed by atoms with Crippen LogP contribution in [-0.4, -0.2) is 23.8 Å². The zero-order valence-corrected chi connectivity index (χ0v) is 9.34. The number of aromatic nitrogens is 1. The number of nitrogens with zero attached hydrogens (tertiary/aromatic N) is 1. The molecule has 2 rings (SSSR count). The van der Waals surface area contributed by atoms with E-state index in [9.17, 15) is 9.59 Å². The molecule has 2 aromatic rings. The van der Waals surface area contributed by atoms with Gasteiger partial charge in [-0.05, 0) is 11.5 Å². The number of Topliss-reactive ketones (excluding diaryl/α,β-unsaturated/α-hetero) is 1. The number of pyridine rings is 1. The molecule has 4 nitrogen and oxygen atoms in total. The van der Waals surface area contributed by atoms with Gasteiger partial charge >= 0.3 is 5.97 Å². The van der Waals surface area contributed by atoms with Gasteiger partial charge in [0.2, 0.25) is 0 Å². The van der Waals surface area contributed by atoms with Gasteiger partial charge in [-0.15, -0.1) is 0 Å². The second-order valence-electron chi connectivity index (χ2n) is 3.59. The van der Waals surface area contributed by atoms with Crippen molar-refractivity contribution in [2.75, 3.05) is 7.11 Å². The SMILES string of the molecule is COC(=O)CC(=O)c1cc2ccccc2cn1. The van der Waals surface area contributed by atoms with Crippen molar-refractivity contribution in [1.82, 2.24) is 4.98 Å². The fraction of sp³-hybridized carbons (Fsp3) is 0.154. The highest BCUT2D eigenvalue weighted by molar-refractivity contribution is 6.06. The number of ether oxygens (including phenoxy) is 1. The van der Waals surface area contributed by atoms with Gasteiger partial charge < -0.3 is 4.74 Å². The molecule has 0 saturated carbocycles. The summed E-state index contributed by atoms with van der Waals surface area (Å²) >= 11 is 0. The first kappa shape index (κ1) is 11.3. The molecule has 0 aliphatic heterocycles. The van der Waals surface area contributed by atoms with Crippen molar-refractivity contribution in [3.05, 3.63) is 42.2 Å². The lowest BCUT2D eigenvalue weighted by Gasteiger charge is -2.01. The molecular weight excluding hydrogens is 218 g/mol. The second kappa shape index (κ2) is 4.74. The van der Waals surface area contributed by atoms with Gasteiger partial charge in [-0.25, -0.2) is 0 Å². The number of hydrogen-bond acceptors (Lipinski definition) is 4. The predicted octanol–water partition coefficient (Wildman–Crippen LogP) is 1.98. The standard InChI is InChI=1S/C13H11NO3/c1-17-13(16)7-12(15)11-6-9-4-2-3-5-10(9)8-14-11/h2-6,8H,7H2,1H3.